The highest BCUT2D eigenvalue weighted by molar-refractivity contribution is 6.74. The van der Waals surface area contributed by atoms with E-state index in [1.807, 2.05) is 6.08 Å². The zero-order valence-electron chi connectivity index (χ0n) is 26.3. The van der Waals surface area contributed by atoms with Gasteiger partial charge in [0.05, 0.1) is 24.9 Å². The summed E-state index contributed by atoms with van der Waals surface area (Å²) in [5, 5.41) is 9.69. The summed E-state index contributed by atoms with van der Waals surface area (Å²) in [4.78, 5) is 0. The summed E-state index contributed by atoms with van der Waals surface area (Å²) >= 11 is 0. The lowest BCUT2D eigenvalue weighted by Crippen LogP contribution is -2.50. The predicted molar refractivity (Wildman–Crippen MR) is 158 cm³/mol. The smallest absolute Gasteiger partial charge is 0.192 e. The fourth-order valence-corrected chi connectivity index (χ4v) is 7.20. The van der Waals surface area contributed by atoms with Gasteiger partial charge in [-0.2, -0.15) is 0 Å². The third-order valence-electron chi connectivity index (χ3n) is 9.03. The topological polar surface area (TPSA) is 47.9 Å². The van der Waals surface area contributed by atoms with Crippen LogP contribution in [0, 0.1) is 23.7 Å². The van der Waals surface area contributed by atoms with Gasteiger partial charge in [0.25, 0.3) is 0 Å². The Kier molecular flexibility index (Phi) is 13.7. The quantitative estimate of drug-likeness (QED) is 0.181. The minimum atomic E-state index is -1.96. The van der Waals surface area contributed by atoms with Gasteiger partial charge in [-0.15, -0.1) is 0 Å². The molecular formula is C29H62O4Si2. The van der Waals surface area contributed by atoms with E-state index in [2.05, 4.69) is 108 Å². The molecule has 7 atom stereocenters. The molecule has 0 rings (SSSR count). The van der Waals surface area contributed by atoms with Crippen molar-refractivity contribution in [3.8, 4) is 0 Å². The second kappa shape index (κ2) is 13.7. The van der Waals surface area contributed by atoms with Gasteiger partial charge < -0.3 is 18.7 Å². The molecule has 0 heterocycles. The molecular weight excluding hydrogens is 468 g/mol. The van der Waals surface area contributed by atoms with Gasteiger partial charge in [-0.1, -0.05) is 81.4 Å². The van der Waals surface area contributed by atoms with Crippen molar-refractivity contribution in [2.45, 2.75) is 137 Å². The lowest BCUT2D eigenvalue weighted by Gasteiger charge is -2.45. The zero-order chi connectivity index (χ0) is 28.0. The first kappa shape index (κ1) is 35.0. The molecule has 0 aliphatic heterocycles. The minimum absolute atomic E-state index is 0.0663. The van der Waals surface area contributed by atoms with Gasteiger partial charge in [-0.05, 0) is 67.4 Å². The lowest BCUT2D eigenvalue weighted by atomic mass is 9.81. The number of ether oxygens (including phenoxy) is 1. The van der Waals surface area contributed by atoms with E-state index in [0.29, 0.717) is 17.8 Å². The van der Waals surface area contributed by atoms with E-state index in [1.54, 1.807) is 7.11 Å². The Bertz CT molecular complexity index is 634. The van der Waals surface area contributed by atoms with Crippen molar-refractivity contribution in [1.29, 1.82) is 0 Å². The fourth-order valence-electron chi connectivity index (χ4n) is 4.24. The summed E-state index contributed by atoms with van der Waals surface area (Å²) in [5.41, 5.74) is 0. The molecule has 0 aromatic rings. The van der Waals surface area contributed by atoms with E-state index >= 15 is 0 Å². The predicted octanol–water partition coefficient (Wildman–Crippen LogP) is 8.29. The number of hydrogen-bond acceptors (Lipinski definition) is 4. The van der Waals surface area contributed by atoms with Crippen molar-refractivity contribution < 1.29 is 18.7 Å². The lowest BCUT2D eigenvalue weighted by molar-refractivity contribution is -0.0218. The maximum Gasteiger partial charge on any atom is 0.192 e. The molecule has 0 amide bonds. The van der Waals surface area contributed by atoms with Gasteiger partial charge in [0.15, 0.2) is 16.6 Å². The first-order chi connectivity index (χ1) is 15.6. The van der Waals surface area contributed by atoms with Crippen LogP contribution in [0.25, 0.3) is 0 Å². The van der Waals surface area contributed by atoms with Crippen LogP contribution in [0.5, 0.6) is 0 Å². The van der Waals surface area contributed by atoms with Crippen molar-refractivity contribution in [2.24, 2.45) is 23.7 Å². The van der Waals surface area contributed by atoms with Crippen LogP contribution < -0.4 is 0 Å². The summed E-state index contributed by atoms with van der Waals surface area (Å²) in [7, 11) is -2.11. The van der Waals surface area contributed by atoms with Gasteiger partial charge in [-0.3, -0.25) is 0 Å². The normalized spacial score (nSPS) is 20.4. The van der Waals surface area contributed by atoms with E-state index in [9.17, 15) is 5.11 Å². The molecule has 7 unspecified atom stereocenters. The first-order valence-corrected chi connectivity index (χ1v) is 19.6. The van der Waals surface area contributed by atoms with Crippen molar-refractivity contribution in [3.63, 3.8) is 0 Å². The molecule has 210 valence electrons. The molecule has 1 N–H and O–H groups in total. The van der Waals surface area contributed by atoms with E-state index in [0.717, 1.165) is 6.42 Å². The van der Waals surface area contributed by atoms with Crippen LogP contribution in [-0.2, 0) is 13.6 Å². The Morgan fingerprint density at radius 3 is 1.51 bits per heavy atom. The molecule has 0 aliphatic rings. The highest BCUT2D eigenvalue weighted by Gasteiger charge is 2.44. The van der Waals surface area contributed by atoms with Crippen molar-refractivity contribution in [1.82, 2.24) is 0 Å². The number of aliphatic hydroxyl groups is 1. The molecule has 35 heavy (non-hydrogen) atoms. The molecule has 0 saturated heterocycles. The van der Waals surface area contributed by atoms with E-state index < -0.39 is 16.6 Å². The molecule has 0 aromatic heterocycles. The number of hydrogen-bond donors (Lipinski definition) is 1. The third kappa shape index (κ3) is 10.4. The monoisotopic (exact) mass is 530 g/mol. The standard InChI is InChI=1S/C29H62O4Si2/c1-21(18-17-19-30)26(32-34(13,14)28(6,7)8)22(2)20-23(3)27(24(4)25(5)31-12)33-35(15,16)29(9,10)11/h17-18,21-27,30H,19-20H2,1-16H3/b18-17-. The second-order valence-corrected chi connectivity index (χ2v) is 23.7. The fraction of sp³-hybridized carbons (Fsp3) is 0.931. The van der Waals surface area contributed by atoms with Crippen molar-refractivity contribution in [3.05, 3.63) is 12.2 Å². The number of rotatable bonds is 14. The van der Waals surface area contributed by atoms with Gasteiger partial charge in [0.1, 0.15) is 0 Å². The molecule has 0 fully saturated rings. The average molecular weight is 531 g/mol. The van der Waals surface area contributed by atoms with Crippen LogP contribution in [0.2, 0.25) is 36.3 Å². The highest BCUT2D eigenvalue weighted by atomic mass is 28.4. The van der Waals surface area contributed by atoms with Crippen LogP contribution in [0.15, 0.2) is 12.2 Å². The SMILES string of the molecule is COC(C)C(C)C(O[Si](C)(C)C(C)(C)C)C(C)CC(C)C(O[Si](C)(C)C(C)(C)C)C(C)/C=C\CO. The molecule has 0 bridgehead atoms. The molecule has 0 spiro atoms. The Morgan fingerprint density at radius 2 is 1.14 bits per heavy atom. The minimum Gasteiger partial charge on any atom is -0.413 e. The molecule has 0 aliphatic carbocycles. The van der Waals surface area contributed by atoms with Gasteiger partial charge in [-0.25, -0.2) is 0 Å². The zero-order valence-corrected chi connectivity index (χ0v) is 28.3. The Balaban J connectivity index is 6.06. The van der Waals surface area contributed by atoms with Gasteiger partial charge >= 0.3 is 0 Å². The maximum atomic E-state index is 9.38. The van der Waals surface area contributed by atoms with Crippen molar-refractivity contribution >= 4 is 16.6 Å². The van der Waals surface area contributed by atoms with Crippen LogP contribution in [0.1, 0.15) is 82.6 Å². The maximum absolute atomic E-state index is 9.38. The summed E-state index contributed by atoms with van der Waals surface area (Å²) in [6, 6.07) is 0. The summed E-state index contributed by atoms with van der Waals surface area (Å²) < 4.78 is 19.9. The second-order valence-electron chi connectivity index (χ2n) is 14.1. The number of methoxy groups -OCH3 is 1. The van der Waals surface area contributed by atoms with Crippen molar-refractivity contribution in [2.75, 3.05) is 13.7 Å². The highest BCUT2D eigenvalue weighted by Crippen LogP contribution is 2.42. The van der Waals surface area contributed by atoms with E-state index in [4.69, 9.17) is 13.6 Å². The third-order valence-corrected chi connectivity index (χ3v) is 18.0. The van der Waals surface area contributed by atoms with E-state index in [-0.39, 0.29) is 40.9 Å². The van der Waals surface area contributed by atoms with Crippen LogP contribution in [0.3, 0.4) is 0 Å². The Hall–Kier alpha value is 0.0138. The molecule has 0 saturated carbocycles. The van der Waals surface area contributed by atoms with Gasteiger partial charge in [0.2, 0.25) is 0 Å². The molecule has 0 radical (unpaired) electrons. The van der Waals surface area contributed by atoms with E-state index in [1.165, 1.54) is 0 Å². The average Bonchev–Trinajstić information content (AvgIpc) is 2.71. The van der Waals surface area contributed by atoms with Gasteiger partial charge in [0, 0.05) is 13.0 Å². The molecule has 0 aromatic carbocycles. The van der Waals surface area contributed by atoms with Crippen LogP contribution in [-0.4, -0.2) is 53.8 Å². The van der Waals surface area contributed by atoms with Crippen LogP contribution in [0.4, 0.5) is 0 Å². The Morgan fingerprint density at radius 1 is 0.743 bits per heavy atom. The summed E-state index contributed by atoms with van der Waals surface area (Å²) in [5.74, 6) is 1.25. The molecule has 6 heteroatoms. The molecule has 4 nitrogen and oxygen atoms in total. The largest absolute Gasteiger partial charge is 0.413 e. The first-order valence-electron chi connectivity index (χ1n) is 13.8. The Labute approximate surface area is 221 Å². The van der Waals surface area contributed by atoms with Crippen LogP contribution >= 0.6 is 0 Å². The number of aliphatic hydroxyl groups excluding tert-OH is 1. The summed E-state index contributed by atoms with van der Waals surface area (Å²) in [6.07, 6.45) is 5.37. The summed E-state index contributed by atoms with van der Waals surface area (Å²) in [6.45, 7) is 34.6.